The number of rotatable bonds is 4. The maximum atomic E-state index is 13.6. The maximum Gasteiger partial charge on any atom is 0.192 e. The second kappa shape index (κ2) is 5.23. The van der Waals surface area contributed by atoms with Crippen LogP contribution in [0.1, 0.15) is 16.8 Å². The molecule has 0 aliphatic carbocycles. The summed E-state index contributed by atoms with van der Waals surface area (Å²) in [6.07, 6.45) is -0.0396. The number of carbonyl (C=O) groups excluding carboxylic acids is 1. The average molecular weight is 250 g/mol. The van der Waals surface area contributed by atoms with E-state index in [1.165, 1.54) is 0 Å². The van der Waals surface area contributed by atoms with Crippen LogP contribution in [0.3, 0.4) is 0 Å². The zero-order valence-corrected chi connectivity index (χ0v) is 9.28. The molecular formula is C10H10ClF2NO2. The number of nitrogens with two attached hydrogens (primary N) is 1. The fraction of sp³-hybridized carbons (Fsp3) is 0.300. The SMILES string of the molecule is COc1c(F)c(Cl)cc(C(=O)CCN)c1F. The Labute approximate surface area is 96.1 Å². The predicted octanol–water partition coefficient (Wildman–Crippen LogP) is 2.16. The third-order valence-corrected chi connectivity index (χ3v) is 2.27. The Balaban J connectivity index is 3.31. The van der Waals surface area contributed by atoms with Crippen molar-refractivity contribution in [1.29, 1.82) is 0 Å². The molecule has 0 radical (unpaired) electrons. The van der Waals surface area contributed by atoms with Gasteiger partial charge in [0.1, 0.15) is 0 Å². The normalized spacial score (nSPS) is 10.3. The first kappa shape index (κ1) is 12.9. The van der Waals surface area contributed by atoms with Crippen molar-refractivity contribution in [3.05, 3.63) is 28.3 Å². The second-order valence-electron chi connectivity index (χ2n) is 3.03. The van der Waals surface area contributed by atoms with Gasteiger partial charge in [-0.25, -0.2) is 8.78 Å². The fourth-order valence-corrected chi connectivity index (χ4v) is 1.42. The lowest BCUT2D eigenvalue weighted by Gasteiger charge is -2.09. The third kappa shape index (κ3) is 2.31. The lowest BCUT2D eigenvalue weighted by molar-refractivity contribution is 0.0980. The molecule has 0 unspecified atom stereocenters. The summed E-state index contributed by atoms with van der Waals surface area (Å²) in [6, 6.07) is 0.937. The molecule has 1 aromatic carbocycles. The second-order valence-corrected chi connectivity index (χ2v) is 3.44. The third-order valence-electron chi connectivity index (χ3n) is 1.99. The van der Waals surface area contributed by atoms with Crippen molar-refractivity contribution in [2.24, 2.45) is 5.73 Å². The summed E-state index contributed by atoms with van der Waals surface area (Å²) in [5.41, 5.74) is 4.86. The number of carbonyl (C=O) groups is 1. The van der Waals surface area contributed by atoms with Crippen LogP contribution in [0.5, 0.6) is 5.75 Å². The minimum atomic E-state index is -1.05. The van der Waals surface area contributed by atoms with Gasteiger partial charge in [0.2, 0.25) is 0 Å². The summed E-state index contributed by atoms with van der Waals surface area (Å²) in [7, 11) is 1.09. The zero-order valence-electron chi connectivity index (χ0n) is 8.52. The number of halogens is 3. The summed E-state index contributed by atoms with van der Waals surface area (Å²) >= 11 is 5.51. The Morgan fingerprint density at radius 3 is 2.62 bits per heavy atom. The van der Waals surface area contributed by atoms with Crippen LogP contribution < -0.4 is 10.5 Å². The quantitative estimate of drug-likeness (QED) is 0.657. The van der Waals surface area contributed by atoms with Gasteiger partial charge in [0.25, 0.3) is 0 Å². The molecule has 16 heavy (non-hydrogen) atoms. The van der Waals surface area contributed by atoms with Gasteiger partial charge in [-0.2, -0.15) is 0 Å². The smallest absolute Gasteiger partial charge is 0.192 e. The van der Waals surface area contributed by atoms with Crippen LogP contribution >= 0.6 is 11.6 Å². The van der Waals surface area contributed by atoms with Crippen molar-refractivity contribution < 1.29 is 18.3 Å². The molecule has 0 aliphatic rings. The van der Waals surface area contributed by atoms with Gasteiger partial charge in [0.05, 0.1) is 17.7 Å². The number of hydrogen-bond donors (Lipinski definition) is 1. The van der Waals surface area contributed by atoms with Crippen LogP contribution in [0.15, 0.2) is 6.07 Å². The fourth-order valence-electron chi connectivity index (χ4n) is 1.23. The Morgan fingerprint density at radius 2 is 2.12 bits per heavy atom. The molecule has 1 rings (SSSR count). The molecule has 0 fully saturated rings. The molecule has 88 valence electrons. The molecule has 0 atom stereocenters. The van der Waals surface area contributed by atoms with Gasteiger partial charge in [0, 0.05) is 6.42 Å². The summed E-state index contributed by atoms with van der Waals surface area (Å²) in [5, 5.41) is -0.362. The van der Waals surface area contributed by atoms with Gasteiger partial charge < -0.3 is 10.5 Å². The number of hydrogen-bond acceptors (Lipinski definition) is 3. The minimum absolute atomic E-state index is 0.0396. The molecule has 0 aliphatic heterocycles. The van der Waals surface area contributed by atoms with Crippen molar-refractivity contribution in [1.82, 2.24) is 0 Å². The molecule has 0 amide bonds. The van der Waals surface area contributed by atoms with E-state index in [0.717, 1.165) is 13.2 Å². The highest BCUT2D eigenvalue weighted by Crippen LogP contribution is 2.31. The van der Waals surface area contributed by atoms with Gasteiger partial charge in [-0.3, -0.25) is 4.79 Å². The molecule has 6 heteroatoms. The van der Waals surface area contributed by atoms with Crippen molar-refractivity contribution in [3.63, 3.8) is 0 Å². The molecule has 0 heterocycles. The highest BCUT2D eigenvalue weighted by Gasteiger charge is 2.21. The van der Waals surface area contributed by atoms with Crippen molar-refractivity contribution in [3.8, 4) is 5.75 Å². The van der Waals surface area contributed by atoms with Crippen LogP contribution in [-0.4, -0.2) is 19.4 Å². The highest BCUT2D eigenvalue weighted by molar-refractivity contribution is 6.31. The Hall–Kier alpha value is -1.20. The molecular weight excluding hydrogens is 240 g/mol. The van der Waals surface area contributed by atoms with Gasteiger partial charge in [-0.05, 0) is 12.6 Å². The number of ketones is 1. The Kier molecular flexibility index (Phi) is 4.20. The van der Waals surface area contributed by atoms with E-state index in [-0.39, 0.29) is 23.6 Å². The van der Waals surface area contributed by atoms with Gasteiger partial charge in [-0.1, -0.05) is 11.6 Å². The van der Waals surface area contributed by atoms with E-state index in [0.29, 0.717) is 0 Å². The largest absolute Gasteiger partial charge is 0.491 e. The van der Waals surface area contributed by atoms with Gasteiger partial charge in [-0.15, -0.1) is 0 Å². The maximum absolute atomic E-state index is 13.6. The molecule has 0 saturated heterocycles. The summed E-state index contributed by atoms with van der Waals surface area (Å²) in [4.78, 5) is 11.4. The summed E-state index contributed by atoms with van der Waals surface area (Å²) in [6.45, 7) is 0.0790. The van der Waals surface area contributed by atoms with Crippen LogP contribution in [0.25, 0.3) is 0 Å². The molecule has 2 N–H and O–H groups in total. The molecule has 3 nitrogen and oxygen atoms in total. The number of ether oxygens (including phenoxy) is 1. The zero-order chi connectivity index (χ0) is 12.3. The number of Topliss-reactive ketones (excluding diaryl/α,β-unsaturated/α-hetero) is 1. The van der Waals surface area contributed by atoms with E-state index < -0.39 is 23.2 Å². The summed E-state index contributed by atoms with van der Waals surface area (Å²) in [5.74, 6) is -3.28. The lowest BCUT2D eigenvalue weighted by atomic mass is 10.1. The lowest BCUT2D eigenvalue weighted by Crippen LogP contribution is -2.11. The molecule has 0 saturated carbocycles. The summed E-state index contributed by atoms with van der Waals surface area (Å²) < 4.78 is 31.4. The van der Waals surface area contributed by atoms with E-state index in [4.69, 9.17) is 17.3 Å². The molecule has 0 aromatic heterocycles. The van der Waals surface area contributed by atoms with Crippen LogP contribution in [0.2, 0.25) is 5.02 Å². The van der Waals surface area contributed by atoms with E-state index in [2.05, 4.69) is 4.74 Å². The van der Waals surface area contributed by atoms with Gasteiger partial charge in [0.15, 0.2) is 23.2 Å². The van der Waals surface area contributed by atoms with Crippen molar-refractivity contribution in [2.45, 2.75) is 6.42 Å². The van der Waals surface area contributed by atoms with Crippen LogP contribution in [0.4, 0.5) is 8.78 Å². The molecule has 1 aromatic rings. The van der Waals surface area contributed by atoms with Crippen molar-refractivity contribution >= 4 is 17.4 Å². The Morgan fingerprint density at radius 1 is 1.50 bits per heavy atom. The Bertz CT molecular complexity index is 424. The van der Waals surface area contributed by atoms with E-state index >= 15 is 0 Å². The van der Waals surface area contributed by atoms with Crippen molar-refractivity contribution in [2.75, 3.05) is 13.7 Å². The molecule has 0 bridgehead atoms. The first-order valence-corrected chi connectivity index (χ1v) is 4.85. The van der Waals surface area contributed by atoms with Gasteiger partial charge >= 0.3 is 0 Å². The molecule has 0 spiro atoms. The topological polar surface area (TPSA) is 52.3 Å². The van der Waals surface area contributed by atoms with Crippen LogP contribution in [-0.2, 0) is 0 Å². The highest BCUT2D eigenvalue weighted by atomic mass is 35.5. The van der Waals surface area contributed by atoms with E-state index in [1.54, 1.807) is 0 Å². The van der Waals surface area contributed by atoms with Crippen LogP contribution in [0, 0.1) is 11.6 Å². The average Bonchev–Trinajstić information content (AvgIpc) is 2.24. The van der Waals surface area contributed by atoms with E-state index in [9.17, 15) is 13.6 Å². The number of methoxy groups -OCH3 is 1. The predicted molar refractivity (Wildman–Crippen MR) is 55.9 cm³/mol. The number of benzene rings is 1. The first-order chi connectivity index (χ1) is 7.52. The monoisotopic (exact) mass is 249 g/mol. The van der Waals surface area contributed by atoms with E-state index in [1.807, 2.05) is 0 Å². The minimum Gasteiger partial charge on any atom is -0.491 e. The standard InChI is InChI=1S/C10H10ClF2NO2/c1-16-10-8(12)5(7(15)2-3-14)4-6(11)9(10)13/h4H,2-3,14H2,1H3. The first-order valence-electron chi connectivity index (χ1n) is 4.47.